The van der Waals surface area contributed by atoms with Gasteiger partial charge >= 0.3 is 5.97 Å². The molecule has 4 heteroatoms. The van der Waals surface area contributed by atoms with Crippen molar-refractivity contribution in [3.8, 4) is 0 Å². The van der Waals surface area contributed by atoms with Gasteiger partial charge in [-0.1, -0.05) is 18.2 Å². The van der Waals surface area contributed by atoms with Gasteiger partial charge in [-0.25, -0.2) is 0 Å². The summed E-state index contributed by atoms with van der Waals surface area (Å²) in [5, 5.41) is 9.59. The lowest BCUT2D eigenvalue weighted by molar-refractivity contribution is -0.149. The first-order valence-electron chi connectivity index (χ1n) is 8.21. The molecule has 4 nitrogen and oxygen atoms in total. The van der Waals surface area contributed by atoms with Crippen LogP contribution in [0.15, 0.2) is 24.3 Å². The molecule has 4 rings (SSSR count). The number of aliphatic carboxylic acids is 1. The highest BCUT2D eigenvalue weighted by molar-refractivity contribution is 6.00. The van der Waals surface area contributed by atoms with E-state index in [1.807, 2.05) is 23.1 Å². The topological polar surface area (TPSA) is 57.6 Å². The van der Waals surface area contributed by atoms with Gasteiger partial charge in [0.1, 0.15) is 0 Å². The van der Waals surface area contributed by atoms with E-state index in [-0.39, 0.29) is 29.7 Å². The van der Waals surface area contributed by atoms with Crippen molar-refractivity contribution < 1.29 is 14.7 Å². The van der Waals surface area contributed by atoms with Crippen molar-refractivity contribution in [3.05, 3.63) is 29.8 Å². The van der Waals surface area contributed by atoms with E-state index in [0.717, 1.165) is 31.4 Å². The maximum atomic E-state index is 13.2. The number of carbonyl (C=O) groups is 2. The largest absolute Gasteiger partial charge is 0.481 e. The summed E-state index contributed by atoms with van der Waals surface area (Å²) in [6.07, 6.45) is 3.75. The summed E-state index contributed by atoms with van der Waals surface area (Å²) >= 11 is 0. The average molecular weight is 299 g/mol. The molecule has 0 saturated heterocycles. The molecule has 2 aliphatic carbocycles. The van der Waals surface area contributed by atoms with Crippen molar-refractivity contribution in [2.45, 2.75) is 38.6 Å². The quantitative estimate of drug-likeness (QED) is 0.913. The average Bonchev–Trinajstić information content (AvgIpc) is 3.17. The van der Waals surface area contributed by atoms with Gasteiger partial charge in [0, 0.05) is 11.7 Å². The Labute approximate surface area is 130 Å². The van der Waals surface area contributed by atoms with Crippen LogP contribution in [0.3, 0.4) is 0 Å². The summed E-state index contributed by atoms with van der Waals surface area (Å²) in [7, 11) is 0. The first kappa shape index (κ1) is 13.8. The van der Waals surface area contributed by atoms with E-state index < -0.39 is 11.9 Å². The minimum atomic E-state index is -0.786. The summed E-state index contributed by atoms with van der Waals surface area (Å²) in [5.74, 6) is -1.10. The highest BCUT2D eigenvalue weighted by Gasteiger charge is 2.55. The fourth-order valence-electron chi connectivity index (χ4n) is 5.06. The van der Waals surface area contributed by atoms with Crippen LogP contribution in [0, 0.1) is 23.7 Å². The van der Waals surface area contributed by atoms with E-state index in [2.05, 4.69) is 13.0 Å². The Bertz CT molecular complexity index is 641. The van der Waals surface area contributed by atoms with E-state index in [9.17, 15) is 14.7 Å². The van der Waals surface area contributed by atoms with Crippen molar-refractivity contribution in [1.82, 2.24) is 0 Å². The number of hydrogen-bond donors (Lipinski definition) is 1. The van der Waals surface area contributed by atoms with Crippen LogP contribution in [0.5, 0.6) is 0 Å². The molecule has 3 aliphatic rings. The van der Waals surface area contributed by atoms with Gasteiger partial charge in [0.25, 0.3) is 0 Å². The van der Waals surface area contributed by atoms with Gasteiger partial charge in [-0.3, -0.25) is 9.59 Å². The minimum Gasteiger partial charge on any atom is -0.481 e. The molecule has 2 saturated carbocycles. The second kappa shape index (κ2) is 4.83. The number of amides is 1. The van der Waals surface area contributed by atoms with E-state index in [1.54, 1.807) is 0 Å². The standard InChI is InChI=1S/C18H21NO3/c1-10-8-11-4-2-3-5-14(11)19(10)17(20)15-12-6-7-13(9-12)16(15)18(21)22/h2-5,10,12-13,15-16H,6-9H2,1H3,(H,21,22)/t10-,12+,13-,15+,16-/m0/s1. The fourth-order valence-corrected chi connectivity index (χ4v) is 5.06. The molecule has 0 radical (unpaired) electrons. The Kier molecular flexibility index (Phi) is 3.03. The van der Waals surface area contributed by atoms with E-state index in [1.165, 1.54) is 5.56 Å². The lowest BCUT2D eigenvalue weighted by atomic mass is 9.78. The Morgan fingerprint density at radius 2 is 1.82 bits per heavy atom. The maximum Gasteiger partial charge on any atom is 0.307 e. The SMILES string of the molecule is C[C@H]1Cc2ccccc2N1C(=O)[C@@H]1[C@@H]2CC[C@@H](C2)[C@@H]1C(=O)O. The van der Waals surface area contributed by atoms with E-state index in [0.29, 0.717) is 0 Å². The number of hydrogen-bond acceptors (Lipinski definition) is 2. The normalized spacial score (nSPS) is 35.7. The molecular weight excluding hydrogens is 278 g/mol. The van der Waals surface area contributed by atoms with Crippen LogP contribution in [-0.4, -0.2) is 23.0 Å². The van der Waals surface area contributed by atoms with Crippen molar-refractivity contribution in [3.63, 3.8) is 0 Å². The summed E-state index contributed by atoms with van der Waals surface area (Å²) < 4.78 is 0. The third-order valence-corrected chi connectivity index (χ3v) is 5.93. The molecule has 1 aliphatic heterocycles. The Balaban J connectivity index is 1.68. The van der Waals surface area contributed by atoms with Gasteiger partial charge in [0.05, 0.1) is 11.8 Å². The smallest absolute Gasteiger partial charge is 0.307 e. The molecule has 1 amide bonds. The summed E-state index contributed by atoms with van der Waals surface area (Å²) in [4.78, 5) is 26.7. The zero-order valence-electron chi connectivity index (χ0n) is 12.7. The van der Waals surface area contributed by atoms with Crippen LogP contribution in [0.1, 0.15) is 31.7 Å². The molecule has 116 valence electrons. The molecule has 0 unspecified atom stereocenters. The zero-order valence-corrected chi connectivity index (χ0v) is 12.7. The molecule has 1 aromatic carbocycles. The first-order chi connectivity index (χ1) is 10.6. The number of nitrogens with zero attached hydrogens (tertiary/aromatic N) is 1. The zero-order chi connectivity index (χ0) is 15.4. The van der Waals surface area contributed by atoms with Gasteiger partial charge < -0.3 is 10.0 Å². The number of carboxylic acids is 1. The Morgan fingerprint density at radius 1 is 1.14 bits per heavy atom. The van der Waals surface area contributed by atoms with Gasteiger partial charge in [0.2, 0.25) is 5.91 Å². The van der Waals surface area contributed by atoms with Gasteiger partial charge in [-0.15, -0.1) is 0 Å². The molecule has 2 bridgehead atoms. The highest BCUT2D eigenvalue weighted by atomic mass is 16.4. The second-order valence-corrected chi connectivity index (χ2v) is 7.11. The molecule has 0 aromatic heterocycles. The lowest BCUT2D eigenvalue weighted by Crippen LogP contribution is -2.46. The van der Waals surface area contributed by atoms with Gasteiger partial charge in [-0.05, 0) is 56.1 Å². The summed E-state index contributed by atoms with van der Waals surface area (Å²) in [5.41, 5.74) is 2.17. The number of fused-ring (bicyclic) bond motifs is 3. The Morgan fingerprint density at radius 3 is 2.55 bits per heavy atom. The van der Waals surface area contributed by atoms with Crippen LogP contribution in [0.25, 0.3) is 0 Å². The summed E-state index contributed by atoms with van der Waals surface area (Å²) in [6.45, 7) is 2.06. The van der Waals surface area contributed by atoms with Crippen molar-refractivity contribution in [2.24, 2.45) is 23.7 Å². The highest BCUT2D eigenvalue weighted by Crippen LogP contribution is 2.53. The molecule has 0 spiro atoms. The molecule has 2 fully saturated rings. The monoisotopic (exact) mass is 299 g/mol. The summed E-state index contributed by atoms with van der Waals surface area (Å²) in [6, 6.07) is 8.12. The van der Waals surface area contributed by atoms with Crippen LogP contribution in [0.4, 0.5) is 5.69 Å². The van der Waals surface area contributed by atoms with Crippen LogP contribution < -0.4 is 4.90 Å². The molecule has 22 heavy (non-hydrogen) atoms. The molecule has 1 aromatic rings. The number of carbonyl (C=O) groups excluding carboxylic acids is 1. The minimum absolute atomic E-state index is 0.0389. The van der Waals surface area contributed by atoms with E-state index >= 15 is 0 Å². The van der Waals surface area contributed by atoms with Crippen LogP contribution in [-0.2, 0) is 16.0 Å². The molecule has 1 N–H and O–H groups in total. The number of rotatable bonds is 2. The third kappa shape index (κ3) is 1.82. The van der Waals surface area contributed by atoms with Crippen LogP contribution >= 0.6 is 0 Å². The molecule has 5 atom stereocenters. The number of benzene rings is 1. The lowest BCUT2D eigenvalue weighted by Gasteiger charge is -2.33. The maximum absolute atomic E-state index is 13.2. The van der Waals surface area contributed by atoms with Crippen LogP contribution in [0.2, 0.25) is 0 Å². The molecular formula is C18H21NO3. The predicted octanol–water partition coefficient (Wildman–Crippen LogP) is 2.71. The predicted molar refractivity (Wildman–Crippen MR) is 82.5 cm³/mol. The Hall–Kier alpha value is -1.84. The number of para-hydroxylation sites is 1. The van der Waals surface area contributed by atoms with Crippen molar-refractivity contribution >= 4 is 17.6 Å². The second-order valence-electron chi connectivity index (χ2n) is 7.11. The molecule has 1 heterocycles. The van der Waals surface area contributed by atoms with E-state index in [4.69, 9.17) is 0 Å². The number of carboxylic acid groups (broad SMARTS) is 1. The number of anilines is 1. The van der Waals surface area contributed by atoms with Gasteiger partial charge in [-0.2, -0.15) is 0 Å². The van der Waals surface area contributed by atoms with Crippen molar-refractivity contribution in [2.75, 3.05) is 4.90 Å². The third-order valence-electron chi connectivity index (χ3n) is 5.93. The fraction of sp³-hybridized carbons (Fsp3) is 0.556. The first-order valence-corrected chi connectivity index (χ1v) is 8.21. The van der Waals surface area contributed by atoms with Crippen molar-refractivity contribution in [1.29, 1.82) is 0 Å². The van der Waals surface area contributed by atoms with Gasteiger partial charge in [0.15, 0.2) is 0 Å².